The van der Waals surface area contributed by atoms with Crippen molar-refractivity contribution in [3.63, 3.8) is 0 Å². The molecule has 108 valence electrons. The van der Waals surface area contributed by atoms with E-state index in [2.05, 4.69) is 36.6 Å². The number of halogens is 1. The van der Waals surface area contributed by atoms with Gasteiger partial charge in [0.2, 0.25) is 0 Å². The monoisotopic (exact) mass is 290 g/mol. The fourth-order valence-electron chi connectivity index (χ4n) is 3.62. The minimum atomic E-state index is 0.502. The van der Waals surface area contributed by atoms with Gasteiger partial charge in [-0.25, -0.2) is 4.98 Å². The first-order chi connectivity index (χ1) is 9.74. The van der Waals surface area contributed by atoms with Crippen LogP contribution in [-0.2, 0) is 5.88 Å². The van der Waals surface area contributed by atoms with E-state index < -0.39 is 0 Å². The van der Waals surface area contributed by atoms with E-state index in [1.54, 1.807) is 0 Å². The van der Waals surface area contributed by atoms with Gasteiger partial charge in [0.1, 0.15) is 5.82 Å². The van der Waals surface area contributed by atoms with Crippen molar-refractivity contribution < 1.29 is 0 Å². The van der Waals surface area contributed by atoms with Crippen LogP contribution in [0.3, 0.4) is 0 Å². The Labute approximate surface area is 126 Å². The lowest BCUT2D eigenvalue weighted by atomic mass is 9.84. The summed E-state index contributed by atoms with van der Waals surface area (Å²) in [5, 5.41) is 0. The van der Waals surface area contributed by atoms with E-state index in [1.807, 2.05) is 0 Å². The van der Waals surface area contributed by atoms with Crippen molar-refractivity contribution in [2.24, 2.45) is 5.92 Å². The van der Waals surface area contributed by atoms with Gasteiger partial charge in [-0.3, -0.25) is 0 Å². The van der Waals surface area contributed by atoms with E-state index in [1.165, 1.54) is 43.2 Å². The van der Waals surface area contributed by atoms with Gasteiger partial charge < -0.3 is 4.57 Å². The zero-order valence-electron chi connectivity index (χ0n) is 12.4. The van der Waals surface area contributed by atoms with Gasteiger partial charge in [0.25, 0.3) is 0 Å². The lowest BCUT2D eigenvalue weighted by molar-refractivity contribution is 0.270. The minimum absolute atomic E-state index is 0.502. The molecule has 0 spiro atoms. The van der Waals surface area contributed by atoms with Crippen molar-refractivity contribution in [2.75, 3.05) is 0 Å². The van der Waals surface area contributed by atoms with Crippen LogP contribution in [0.15, 0.2) is 18.2 Å². The number of hydrogen-bond donors (Lipinski definition) is 0. The molecule has 0 amide bonds. The summed E-state index contributed by atoms with van der Waals surface area (Å²) in [6, 6.07) is 7.03. The Kier molecular flexibility index (Phi) is 4.02. The van der Waals surface area contributed by atoms with Gasteiger partial charge in [0, 0.05) is 6.04 Å². The molecule has 0 unspecified atom stereocenters. The summed E-state index contributed by atoms with van der Waals surface area (Å²) in [6.45, 7) is 4.44. The number of hydrogen-bond acceptors (Lipinski definition) is 1. The molecule has 20 heavy (non-hydrogen) atoms. The van der Waals surface area contributed by atoms with Gasteiger partial charge in [-0.1, -0.05) is 25.5 Å². The first-order valence-electron chi connectivity index (χ1n) is 7.77. The second kappa shape index (κ2) is 5.77. The Hall–Kier alpha value is -1.02. The van der Waals surface area contributed by atoms with E-state index in [4.69, 9.17) is 16.6 Å². The zero-order valence-corrected chi connectivity index (χ0v) is 13.2. The fraction of sp³-hybridized carbons (Fsp3) is 0.588. The third-order valence-electron chi connectivity index (χ3n) is 4.87. The van der Waals surface area contributed by atoms with Gasteiger partial charge in [-0.05, 0) is 50.2 Å². The van der Waals surface area contributed by atoms with Gasteiger partial charge in [-0.15, -0.1) is 11.6 Å². The van der Waals surface area contributed by atoms with Crippen LogP contribution in [0.4, 0.5) is 0 Å². The zero-order chi connectivity index (χ0) is 14.1. The standard InChI is InChI=1S/C17H23ClN2/c1-3-13-7-9-14(10-8-13)20-15-6-4-5-12(2)17(15)19-16(20)11-18/h4-6,13-14H,3,7-11H2,1-2H3. The first kappa shape index (κ1) is 13.9. The van der Waals surface area contributed by atoms with E-state index in [0.29, 0.717) is 11.9 Å². The molecule has 2 nitrogen and oxygen atoms in total. The summed E-state index contributed by atoms with van der Waals surface area (Å²) >= 11 is 6.15. The van der Waals surface area contributed by atoms with E-state index in [0.717, 1.165) is 17.3 Å². The molecule has 1 aliphatic rings. The molecular weight excluding hydrogens is 268 g/mol. The molecule has 3 rings (SSSR count). The number of imidazole rings is 1. The maximum atomic E-state index is 6.15. The van der Waals surface area contributed by atoms with E-state index in [9.17, 15) is 0 Å². The van der Waals surface area contributed by atoms with Crippen LogP contribution in [0.5, 0.6) is 0 Å². The maximum absolute atomic E-state index is 6.15. The Morgan fingerprint density at radius 2 is 2.00 bits per heavy atom. The van der Waals surface area contributed by atoms with Crippen LogP contribution in [0.1, 0.15) is 56.5 Å². The molecule has 1 heterocycles. The number of aryl methyl sites for hydroxylation is 1. The highest BCUT2D eigenvalue weighted by atomic mass is 35.5. The number of nitrogens with zero attached hydrogens (tertiary/aromatic N) is 2. The molecule has 0 bridgehead atoms. The predicted molar refractivity (Wildman–Crippen MR) is 85.3 cm³/mol. The Morgan fingerprint density at radius 1 is 1.25 bits per heavy atom. The molecule has 1 aromatic heterocycles. The molecule has 2 aromatic rings. The summed E-state index contributed by atoms with van der Waals surface area (Å²) < 4.78 is 2.42. The average Bonchev–Trinajstić information content (AvgIpc) is 2.87. The molecule has 1 fully saturated rings. The number of alkyl halides is 1. The number of rotatable bonds is 3. The van der Waals surface area contributed by atoms with Crippen molar-refractivity contribution in [1.29, 1.82) is 0 Å². The van der Waals surface area contributed by atoms with Crippen molar-refractivity contribution in [3.8, 4) is 0 Å². The highest BCUT2D eigenvalue weighted by molar-refractivity contribution is 6.16. The lowest BCUT2D eigenvalue weighted by Crippen LogP contribution is -2.19. The molecule has 3 heteroatoms. The second-order valence-corrected chi connectivity index (χ2v) is 6.32. The van der Waals surface area contributed by atoms with Gasteiger partial charge in [0.15, 0.2) is 0 Å². The van der Waals surface area contributed by atoms with Crippen LogP contribution in [0.25, 0.3) is 11.0 Å². The number of aromatic nitrogens is 2. The maximum Gasteiger partial charge on any atom is 0.125 e. The van der Waals surface area contributed by atoms with Crippen LogP contribution in [0.2, 0.25) is 0 Å². The molecule has 1 aliphatic carbocycles. The summed E-state index contributed by atoms with van der Waals surface area (Å²) in [4.78, 5) is 4.78. The predicted octanol–water partition coefficient (Wildman–Crippen LogP) is 5.22. The molecule has 0 radical (unpaired) electrons. The lowest BCUT2D eigenvalue weighted by Gasteiger charge is -2.30. The summed E-state index contributed by atoms with van der Waals surface area (Å²) in [7, 11) is 0. The molecular formula is C17H23ClN2. The van der Waals surface area contributed by atoms with E-state index in [-0.39, 0.29) is 0 Å². The second-order valence-electron chi connectivity index (χ2n) is 6.06. The average molecular weight is 291 g/mol. The van der Waals surface area contributed by atoms with Crippen molar-refractivity contribution >= 4 is 22.6 Å². The molecule has 0 atom stereocenters. The topological polar surface area (TPSA) is 17.8 Å². The molecule has 0 saturated heterocycles. The number of benzene rings is 1. The van der Waals surface area contributed by atoms with Crippen LogP contribution >= 0.6 is 11.6 Å². The van der Waals surface area contributed by atoms with Gasteiger partial charge in [-0.2, -0.15) is 0 Å². The SMILES string of the molecule is CCC1CCC(n2c(CCl)nc3c(C)cccc32)CC1. The van der Waals surface area contributed by atoms with Crippen LogP contribution < -0.4 is 0 Å². The highest BCUT2D eigenvalue weighted by Gasteiger charge is 2.24. The first-order valence-corrected chi connectivity index (χ1v) is 8.30. The molecule has 1 aromatic carbocycles. The Balaban J connectivity index is 2.00. The summed E-state index contributed by atoms with van der Waals surface area (Å²) in [5.41, 5.74) is 3.64. The number of para-hydroxylation sites is 1. The van der Waals surface area contributed by atoms with Crippen molar-refractivity contribution in [3.05, 3.63) is 29.6 Å². The van der Waals surface area contributed by atoms with Crippen molar-refractivity contribution in [1.82, 2.24) is 9.55 Å². The van der Waals surface area contributed by atoms with E-state index >= 15 is 0 Å². The number of fused-ring (bicyclic) bond motifs is 1. The Morgan fingerprint density at radius 3 is 2.65 bits per heavy atom. The smallest absolute Gasteiger partial charge is 0.125 e. The molecule has 0 aliphatic heterocycles. The van der Waals surface area contributed by atoms with Gasteiger partial charge >= 0.3 is 0 Å². The van der Waals surface area contributed by atoms with Crippen LogP contribution in [0, 0.1) is 12.8 Å². The summed E-state index contributed by atoms with van der Waals surface area (Å²) in [5.74, 6) is 2.46. The Bertz CT molecular complexity index is 594. The minimum Gasteiger partial charge on any atom is -0.324 e. The summed E-state index contributed by atoms with van der Waals surface area (Å²) in [6.07, 6.45) is 6.53. The fourth-order valence-corrected chi connectivity index (χ4v) is 3.81. The van der Waals surface area contributed by atoms with Crippen molar-refractivity contribution in [2.45, 2.75) is 57.9 Å². The third kappa shape index (κ3) is 2.35. The van der Waals surface area contributed by atoms with Gasteiger partial charge in [0.05, 0.1) is 16.9 Å². The highest BCUT2D eigenvalue weighted by Crippen LogP contribution is 2.37. The molecule has 0 N–H and O–H groups in total. The van der Waals surface area contributed by atoms with Crippen LogP contribution in [-0.4, -0.2) is 9.55 Å². The quantitative estimate of drug-likeness (QED) is 0.708. The normalized spacial score (nSPS) is 23.4. The molecule has 1 saturated carbocycles. The third-order valence-corrected chi connectivity index (χ3v) is 5.11. The largest absolute Gasteiger partial charge is 0.324 e.